The minimum Gasteiger partial charge on any atom is -0.477 e. The van der Waals surface area contributed by atoms with Crippen LogP contribution in [-0.2, 0) is 0 Å². The minimum absolute atomic E-state index is 0.519. The molecular weight excluding hydrogens is 214 g/mol. The van der Waals surface area contributed by atoms with Crippen LogP contribution in [-0.4, -0.2) is 30.1 Å². The van der Waals surface area contributed by atoms with Crippen LogP contribution in [0.15, 0.2) is 30.1 Å². The third-order valence-corrected chi connectivity index (χ3v) is 2.81. The Kier molecular flexibility index (Phi) is 3.61. The number of hydrogen-bond donors (Lipinski definition) is 0. The summed E-state index contributed by atoms with van der Waals surface area (Å²) in [6.07, 6.45) is 5.83. The molecule has 0 aliphatic carbocycles. The van der Waals surface area contributed by atoms with E-state index in [1.165, 1.54) is 5.70 Å². The molecule has 1 aromatic rings. The third-order valence-electron chi connectivity index (χ3n) is 2.81. The molecule has 0 N–H and O–H groups in total. The van der Waals surface area contributed by atoms with Crippen LogP contribution in [0.3, 0.4) is 0 Å². The van der Waals surface area contributed by atoms with Crippen molar-refractivity contribution in [1.82, 2.24) is 9.88 Å². The minimum atomic E-state index is 0.519. The summed E-state index contributed by atoms with van der Waals surface area (Å²) in [4.78, 5) is 6.30. The van der Waals surface area contributed by atoms with Gasteiger partial charge in [-0.25, -0.2) is 4.98 Å². The van der Waals surface area contributed by atoms with Crippen LogP contribution < -0.4 is 4.74 Å². The van der Waals surface area contributed by atoms with Gasteiger partial charge in [0.15, 0.2) is 0 Å². The third kappa shape index (κ3) is 2.97. The Morgan fingerprint density at radius 1 is 1.59 bits per heavy atom. The molecule has 1 aliphatic rings. The average Bonchev–Trinajstić information content (AvgIpc) is 2.76. The highest BCUT2D eigenvalue weighted by Crippen LogP contribution is 2.16. The quantitative estimate of drug-likeness (QED) is 0.791. The molecule has 0 atom stereocenters. The molecule has 0 spiro atoms. The number of nitriles is 1. The van der Waals surface area contributed by atoms with E-state index in [2.05, 4.69) is 29.1 Å². The van der Waals surface area contributed by atoms with Gasteiger partial charge in [0.1, 0.15) is 0 Å². The average molecular weight is 229 g/mol. The van der Waals surface area contributed by atoms with E-state index in [0.717, 1.165) is 19.4 Å². The smallest absolute Gasteiger partial charge is 0.214 e. The molecular formula is C13H15N3O. The van der Waals surface area contributed by atoms with Gasteiger partial charge >= 0.3 is 0 Å². The van der Waals surface area contributed by atoms with Crippen molar-refractivity contribution in [2.75, 3.05) is 20.2 Å². The zero-order chi connectivity index (χ0) is 12.1. The van der Waals surface area contributed by atoms with Crippen molar-refractivity contribution in [2.45, 2.75) is 12.8 Å². The second-order valence-electron chi connectivity index (χ2n) is 4.00. The van der Waals surface area contributed by atoms with Crippen molar-refractivity contribution in [3.8, 4) is 11.9 Å². The lowest BCUT2D eigenvalue weighted by Gasteiger charge is -2.15. The predicted octanol–water partition coefficient (Wildman–Crippen LogP) is 1.94. The zero-order valence-electron chi connectivity index (χ0n) is 9.89. The molecule has 2 rings (SSSR count). The summed E-state index contributed by atoms with van der Waals surface area (Å²) in [7, 11) is 2.09. The van der Waals surface area contributed by atoms with Crippen molar-refractivity contribution in [3.05, 3.63) is 35.7 Å². The molecule has 0 saturated carbocycles. The molecule has 2 heterocycles. The maximum Gasteiger partial charge on any atom is 0.214 e. The highest BCUT2D eigenvalue weighted by Gasteiger charge is 2.10. The van der Waals surface area contributed by atoms with Crippen molar-refractivity contribution in [3.63, 3.8) is 0 Å². The first-order valence-corrected chi connectivity index (χ1v) is 5.69. The van der Waals surface area contributed by atoms with Crippen molar-refractivity contribution >= 4 is 0 Å². The SMILES string of the molecule is CN1CCC=C1CCOc1cc(C#N)ccn1. The molecule has 4 heteroatoms. The Morgan fingerprint density at radius 3 is 3.18 bits per heavy atom. The maximum absolute atomic E-state index is 8.75. The summed E-state index contributed by atoms with van der Waals surface area (Å²) >= 11 is 0. The molecule has 0 radical (unpaired) electrons. The fraction of sp³-hybridized carbons (Fsp3) is 0.385. The summed E-state index contributed by atoms with van der Waals surface area (Å²) in [5, 5.41) is 8.75. The monoisotopic (exact) mass is 229 g/mol. The van der Waals surface area contributed by atoms with Crippen LogP contribution in [0.2, 0.25) is 0 Å². The van der Waals surface area contributed by atoms with Crippen LogP contribution in [0.1, 0.15) is 18.4 Å². The number of ether oxygens (including phenoxy) is 1. The number of rotatable bonds is 4. The Balaban J connectivity index is 1.84. The van der Waals surface area contributed by atoms with E-state index in [4.69, 9.17) is 10.00 Å². The summed E-state index contributed by atoms with van der Waals surface area (Å²) < 4.78 is 5.53. The van der Waals surface area contributed by atoms with E-state index < -0.39 is 0 Å². The van der Waals surface area contributed by atoms with E-state index in [0.29, 0.717) is 18.1 Å². The molecule has 17 heavy (non-hydrogen) atoms. The highest BCUT2D eigenvalue weighted by atomic mass is 16.5. The fourth-order valence-electron chi connectivity index (χ4n) is 1.84. The fourth-order valence-corrected chi connectivity index (χ4v) is 1.84. The van der Waals surface area contributed by atoms with Gasteiger partial charge in [-0.1, -0.05) is 6.08 Å². The van der Waals surface area contributed by atoms with Gasteiger partial charge in [0.25, 0.3) is 0 Å². The van der Waals surface area contributed by atoms with Crippen molar-refractivity contribution < 1.29 is 4.74 Å². The maximum atomic E-state index is 8.75. The zero-order valence-corrected chi connectivity index (χ0v) is 9.89. The number of aromatic nitrogens is 1. The van der Waals surface area contributed by atoms with Crippen LogP contribution in [0.4, 0.5) is 0 Å². The van der Waals surface area contributed by atoms with E-state index in [1.54, 1.807) is 18.3 Å². The number of pyridine rings is 1. The van der Waals surface area contributed by atoms with Gasteiger partial charge in [-0.05, 0) is 12.5 Å². The van der Waals surface area contributed by atoms with Gasteiger partial charge in [-0.15, -0.1) is 0 Å². The van der Waals surface area contributed by atoms with Gasteiger partial charge in [0.2, 0.25) is 5.88 Å². The predicted molar refractivity (Wildman–Crippen MR) is 64.4 cm³/mol. The standard InChI is InChI=1S/C13H15N3O/c1-16-7-2-3-12(16)5-8-17-13-9-11(10-14)4-6-15-13/h3-4,6,9H,2,5,7-8H2,1H3. The van der Waals surface area contributed by atoms with Gasteiger partial charge in [0.05, 0.1) is 18.2 Å². The van der Waals surface area contributed by atoms with Crippen LogP contribution in [0.25, 0.3) is 0 Å². The van der Waals surface area contributed by atoms with Gasteiger partial charge in [-0.3, -0.25) is 0 Å². The van der Waals surface area contributed by atoms with Crippen LogP contribution in [0.5, 0.6) is 5.88 Å². The van der Waals surface area contributed by atoms with Crippen molar-refractivity contribution in [1.29, 1.82) is 5.26 Å². The molecule has 1 aromatic heterocycles. The van der Waals surface area contributed by atoms with Gasteiger partial charge in [-0.2, -0.15) is 5.26 Å². The molecule has 0 fully saturated rings. The summed E-state index contributed by atoms with van der Waals surface area (Å²) in [5.74, 6) is 0.519. The largest absolute Gasteiger partial charge is 0.477 e. The number of hydrogen-bond acceptors (Lipinski definition) is 4. The molecule has 1 aliphatic heterocycles. The lowest BCUT2D eigenvalue weighted by molar-refractivity contribution is 0.294. The first-order chi connectivity index (χ1) is 8.29. The topological polar surface area (TPSA) is 49.1 Å². The Morgan fingerprint density at radius 2 is 2.47 bits per heavy atom. The van der Waals surface area contributed by atoms with Crippen LogP contribution >= 0.6 is 0 Å². The first-order valence-electron chi connectivity index (χ1n) is 5.69. The van der Waals surface area contributed by atoms with Gasteiger partial charge in [0, 0.05) is 38.0 Å². The first kappa shape index (κ1) is 11.5. The Labute approximate surface area is 101 Å². The molecule has 88 valence electrons. The summed E-state index contributed by atoms with van der Waals surface area (Å²) in [6, 6.07) is 5.39. The second-order valence-corrected chi connectivity index (χ2v) is 4.00. The summed E-state index contributed by atoms with van der Waals surface area (Å²) in [6.45, 7) is 1.69. The van der Waals surface area contributed by atoms with E-state index in [-0.39, 0.29) is 0 Å². The highest BCUT2D eigenvalue weighted by molar-refractivity contribution is 5.31. The normalized spacial score (nSPS) is 14.4. The molecule has 4 nitrogen and oxygen atoms in total. The molecule has 0 saturated heterocycles. The molecule has 0 amide bonds. The Bertz CT molecular complexity index is 462. The number of nitrogens with zero attached hydrogens (tertiary/aromatic N) is 3. The van der Waals surface area contributed by atoms with Crippen LogP contribution in [0, 0.1) is 11.3 Å². The molecule has 0 aromatic carbocycles. The lowest BCUT2D eigenvalue weighted by Crippen LogP contribution is -2.15. The van der Waals surface area contributed by atoms with Crippen molar-refractivity contribution in [2.24, 2.45) is 0 Å². The Hall–Kier alpha value is -2.02. The van der Waals surface area contributed by atoms with Gasteiger partial charge < -0.3 is 9.64 Å². The second kappa shape index (κ2) is 5.35. The molecule has 0 bridgehead atoms. The lowest BCUT2D eigenvalue weighted by atomic mass is 10.3. The van der Waals surface area contributed by atoms with E-state index >= 15 is 0 Å². The van der Waals surface area contributed by atoms with E-state index in [1.807, 2.05) is 0 Å². The molecule has 0 unspecified atom stereocenters. The van der Waals surface area contributed by atoms with E-state index in [9.17, 15) is 0 Å². The summed E-state index contributed by atoms with van der Waals surface area (Å²) in [5.41, 5.74) is 1.90.